The first-order chi connectivity index (χ1) is 16.2. The second kappa shape index (κ2) is 9.44. The highest BCUT2D eigenvalue weighted by Crippen LogP contribution is 2.69. The zero-order valence-electron chi connectivity index (χ0n) is 22.9. The SMILES string of the molecule is C=C(CCC(C)C1CCC2C3CC(O)C4(O)CC(O)CCC4(C)C3C(OC(C)=O)CC12C)C(C)C. The van der Waals surface area contributed by atoms with Gasteiger partial charge < -0.3 is 20.1 Å². The number of aliphatic hydroxyl groups excluding tert-OH is 2. The Bertz CT molecular complexity index is 824. The van der Waals surface area contributed by atoms with E-state index in [0.29, 0.717) is 42.9 Å². The van der Waals surface area contributed by atoms with Crippen molar-refractivity contribution in [1.29, 1.82) is 0 Å². The van der Waals surface area contributed by atoms with Crippen LogP contribution in [0.1, 0.15) is 99.3 Å². The maximum atomic E-state index is 12.3. The standard InChI is InChI=1S/C30H50O5/c1-17(2)18(3)8-9-19(4)23-10-11-24-22-14-26(33)30(34)15-21(32)12-13-29(30,7)27(22)25(35-20(5)31)16-28(23,24)6/h17,19,21-27,32-34H,3,8-16H2,1-2,4-7H3. The molecule has 0 aliphatic heterocycles. The third kappa shape index (κ3) is 4.32. The van der Waals surface area contributed by atoms with Crippen molar-refractivity contribution in [3.8, 4) is 0 Å². The predicted octanol–water partition coefficient (Wildman–Crippen LogP) is 5.26. The molecule has 0 aromatic rings. The summed E-state index contributed by atoms with van der Waals surface area (Å²) < 4.78 is 6.10. The number of ether oxygens (including phenoxy) is 1. The third-order valence-corrected chi connectivity index (χ3v) is 11.6. The van der Waals surface area contributed by atoms with E-state index in [2.05, 4.69) is 41.2 Å². The van der Waals surface area contributed by atoms with E-state index < -0.39 is 23.2 Å². The van der Waals surface area contributed by atoms with Gasteiger partial charge in [-0.1, -0.05) is 46.8 Å². The Morgan fingerprint density at radius 1 is 1.11 bits per heavy atom. The second-order valence-electron chi connectivity index (χ2n) is 13.7. The molecule has 5 heteroatoms. The highest BCUT2D eigenvalue weighted by molar-refractivity contribution is 5.66. The minimum atomic E-state index is -1.35. The van der Waals surface area contributed by atoms with E-state index in [1.165, 1.54) is 18.9 Å². The normalized spacial score (nSPS) is 48.0. The zero-order valence-corrected chi connectivity index (χ0v) is 22.9. The summed E-state index contributed by atoms with van der Waals surface area (Å²) in [4.78, 5) is 12.3. The van der Waals surface area contributed by atoms with Crippen molar-refractivity contribution in [2.24, 2.45) is 46.3 Å². The fourth-order valence-electron chi connectivity index (χ4n) is 9.55. The van der Waals surface area contributed by atoms with Gasteiger partial charge in [0.05, 0.1) is 17.8 Å². The number of aliphatic hydroxyl groups is 3. The summed E-state index contributed by atoms with van der Waals surface area (Å²) in [7, 11) is 0. The monoisotopic (exact) mass is 490 g/mol. The van der Waals surface area contributed by atoms with Crippen molar-refractivity contribution in [3.05, 3.63) is 12.2 Å². The first-order valence-electron chi connectivity index (χ1n) is 14.2. The van der Waals surface area contributed by atoms with Crippen molar-refractivity contribution in [3.63, 3.8) is 0 Å². The van der Waals surface area contributed by atoms with E-state index >= 15 is 0 Å². The Morgan fingerprint density at radius 3 is 2.43 bits per heavy atom. The summed E-state index contributed by atoms with van der Waals surface area (Å²) in [6.45, 7) is 17.1. The average molecular weight is 491 g/mol. The maximum Gasteiger partial charge on any atom is 0.302 e. The number of carbonyl (C=O) groups is 1. The molecule has 0 aromatic heterocycles. The van der Waals surface area contributed by atoms with Crippen molar-refractivity contribution in [2.45, 2.75) is 123 Å². The molecule has 0 spiro atoms. The Morgan fingerprint density at radius 2 is 1.80 bits per heavy atom. The molecular weight excluding hydrogens is 440 g/mol. The van der Waals surface area contributed by atoms with Gasteiger partial charge in [-0.3, -0.25) is 4.79 Å². The quantitative estimate of drug-likeness (QED) is 0.349. The Hall–Kier alpha value is -0.910. The molecule has 3 N–H and O–H groups in total. The molecule has 4 rings (SSSR count). The average Bonchev–Trinajstić information content (AvgIpc) is 3.10. The van der Waals surface area contributed by atoms with Crippen LogP contribution in [0.25, 0.3) is 0 Å². The van der Waals surface area contributed by atoms with E-state index in [0.717, 1.165) is 25.7 Å². The van der Waals surface area contributed by atoms with E-state index in [-0.39, 0.29) is 35.7 Å². The van der Waals surface area contributed by atoms with Gasteiger partial charge in [0, 0.05) is 24.7 Å². The van der Waals surface area contributed by atoms with Crippen LogP contribution in [0.5, 0.6) is 0 Å². The molecule has 11 atom stereocenters. The van der Waals surface area contributed by atoms with Gasteiger partial charge in [-0.15, -0.1) is 0 Å². The Balaban J connectivity index is 1.66. The van der Waals surface area contributed by atoms with Crippen molar-refractivity contribution in [2.75, 3.05) is 0 Å². The van der Waals surface area contributed by atoms with Gasteiger partial charge in [0.25, 0.3) is 0 Å². The molecule has 35 heavy (non-hydrogen) atoms. The van der Waals surface area contributed by atoms with Gasteiger partial charge in [0.1, 0.15) is 6.10 Å². The first kappa shape index (κ1) is 27.1. The van der Waals surface area contributed by atoms with Gasteiger partial charge >= 0.3 is 5.97 Å². The molecule has 4 saturated carbocycles. The van der Waals surface area contributed by atoms with Gasteiger partial charge in [-0.25, -0.2) is 0 Å². The topological polar surface area (TPSA) is 87.0 Å². The molecule has 0 amide bonds. The van der Waals surface area contributed by atoms with Crippen LogP contribution >= 0.6 is 0 Å². The van der Waals surface area contributed by atoms with Crippen molar-refractivity contribution in [1.82, 2.24) is 0 Å². The highest BCUT2D eigenvalue weighted by Gasteiger charge is 2.70. The van der Waals surface area contributed by atoms with Crippen LogP contribution in [0.2, 0.25) is 0 Å². The van der Waals surface area contributed by atoms with E-state index in [4.69, 9.17) is 4.74 Å². The minimum absolute atomic E-state index is 0.000139. The van der Waals surface area contributed by atoms with Crippen LogP contribution in [-0.4, -0.2) is 45.2 Å². The smallest absolute Gasteiger partial charge is 0.302 e. The molecule has 0 radical (unpaired) electrons. The molecule has 0 heterocycles. The molecule has 0 saturated heterocycles. The van der Waals surface area contributed by atoms with Crippen molar-refractivity contribution >= 4 is 5.97 Å². The largest absolute Gasteiger partial charge is 0.462 e. The minimum Gasteiger partial charge on any atom is -0.462 e. The number of rotatable bonds is 6. The zero-order chi connectivity index (χ0) is 25.9. The number of hydrogen-bond acceptors (Lipinski definition) is 5. The molecule has 200 valence electrons. The molecule has 4 aliphatic carbocycles. The summed E-state index contributed by atoms with van der Waals surface area (Å²) >= 11 is 0. The van der Waals surface area contributed by atoms with Crippen LogP contribution < -0.4 is 0 Å². The van der Waals surface area contributed by atoms with Crippen LogP contribution in [-0.2, 0) is 9.53 Å². The fraction of sp³-hybridized carbons (Fsp3) is 0.900. The molecule has 0 bridgehead atoms. The molecule has 4 fully saturated rings. The van der Waals surface area contributed by atoms with Gasteiger partial charge in [-0.2, -0.15) is 0 Å². The maximum absolute atomic E-state index is 12.3. The molecular formula is C30H50O5. The molecule has 11 unspecified atom stereocenters. The lowest BCUT2D eigenvalue weighted by Crippen LogP contribution is -2.71. The first-order valence-corrected chi connectivity index (χ1v) is 14.2. The lowest BCUT2D eigenvalue weighted by Gasteiger charge is -2.66. The number of hydrogen-bond donors (Lipinski definition) is 3. The molecule has 4 aliphatic rings. The second-order valence-corrected chi connectivity index (χ2v) is 13.7. The summed E-state index contributed by atoms with van der Waals surface area (Å²) in [6.07, 6.45) is 5.55. The number of carbonyl (C=O) groups excluding carboxylic acids is 1. The predicted molar refractivity (Wildman–Crippen MR) is 137 cm³/mol. The summed E-state index contributed by atoms with van der Waals surface area (Å²) in [6, 6.07) is 0. The number of esters is 1. The van der Waals surface area contributed by atoms with Crippen LogP contribution in [0, 0.1) is 46.3 Å². The lowest BCUT2D eigenvalue weighted by molar-refractivity contribution is -0.284. The molecule has 5 nitrogen and oxygen atoms in total. The van der Waals surface area contributed by atoms with Gasteiger partial charge in [0.2, 0.25) is 0 Å². The highest BCUT2D eigenvalue weighted by atomic mass is 16.5. The number of allylic oxidation sites excluding steroid dienone is 1. The summed E-state index contributed by atoms with van der Waals surface area (Å²) in [5.74, 6) is 2.00. The van der Waals surface area contributed by atoms with E-state index in [1.807, 2.05) is 0 Å². The Labute approximate surface area is 212 Å². The fourth-order valence-corrected chi connectivity index (χ4v) is 9.55. The van der Waals surface area contributed by atoms with Gasteiger partial charge in [0.15, 0.2) is 0 Å². The number of fused-ring (bicyclic) bond motifs is 5. The van der Waals surface area contributed by atoms with Crippen LogP contribution in [0.4, 0.5) is 0 Å². The summed E-state index contributed by atoms with van der Waals surface area (Å²) in [5, 5.41) is 33.6. The summed E-state index contributed by atoms with van der Waals surface area (Å²) in [5.41, 5.74) is -0.574. The van der Waals surface area contributed by atoms with Crippen molar-refractivity contribution < 1.29 is 24.9 Å². The van der Waals surface area contributed by atoms with E-state index in [9.17, 15) is 20.1 Å². The van der Waals surface area contributed by atoms with Crippen LogP contribution in [0.15, 0.2) is 12.2 Å². The van der Waals surface area contributed by atoms with Crippen LogP contribution in [0.3, 0.4) is 0 Å². The third-order valence-electron chi connectivity index (χ3n) is 11.6. The van der Waals surface area contributed by atoms with Gasteiger partial charge in [-0.05, 0) is 86.4 Å². The molecule has 0 aromatic carbocycles. The Kier molecular flexibility index (Phi) is 7.32. The lowest BCUT2D eigenvalue weighted by atomic mass is 9.41. The van der Waals surface area contributed by atoms with E-state index in [1.54, 1.807) is 0 Å².